The van der Waals surface area contributed by atoms with Crippen LogP contribution in [-0.2, 0) is 12.8 Å². The highest BCUT2D eigenvalue weighted by Crippen LogP contribution is 2.28. The first-order valence-corrected chi connectivity index (χ1v) is 6.76. The summed E-state index contributed by atoms with van der Waals surface area (Å²) >= 11 is 0. The van der Waals surface area contributed by atoms with Crippen LogP contribution in [0.15, 0.2) is 47.3 Å². The highest BCUT2D eigenvalue weighted by molar-refractivity contribution is 5.93. The van der Waals surface area contributed by atoms with Gasteiger partial charge >= 0.3 is 0 Å². The minimum Gasteiger partial charge on any atom is -0.472 e. The van der Waals surface area contributed by atoms with Gasteiger partial charge in [0.05, 0.1) is 17.4 Å². The number of aryl methyl sites for hydroxylation is 1. The van der Waals surface area contributed by atoms with Crippen LogP contribution >= 0.6 is 0 Å². The van der Waals surface area contributed by atoms with Crippen molar-refractivity contribution in [2.75, 3.05) is 6.54 Å². The van der Waals surface area contributed by atoms with Crippen LogP contribution in [0.3, 0.4) is 0 Å². The Morgan fingerprint density at radius 1 is 1.30 bits per heavy atom. The molecule has 2 N–H and O–H groups in total. The van der Waals surface area contributed by atoms with Crippen molar-refractivity contribution >= 4 is 5.91 Å². The summed E-state index contributed by atoms with van der Waals surface area (Å²) in [4.78, 5) is 11.9. The zero-order valence-corrected chi connectivity index (χ0v) is 11.1. The van der Waals surface area contributed by atoms with Gasteiger partial charge in [-0.3, -0.25) is 4.79 Å². The number of rotatable bonds is 3. The molecule has 20 heavy (non-hydrogen) atoms. The number of amides is 1. The number of fused-ring (bicyclic) bond motifs is 1. The highest BCUT2D eigenvalue weighted by Gasteiger charge is 2.32. The lowest BCUT2D eigenvalue weighted by Crippen LogP contribution is -2.46. The standard InChI is InChI=1S/C16H17NO3/c18-15(14-6-8-20-10-14)17-11-16(19)7-5-12-3-1-2-4-13(12)9-16/h1-4,6,8,10,19H,5,7,9,11H2,(H,17,18). The Morgan fingerprint density at radius 2 is 2.10 bits per heavy atom. The summed E-state index contributed by atoms with van der Waals surface area (Å²) in [5, 5.41) is 13.4. The van der Waals surface area contributed by atoms with Crippen molar-refractivity contribution in [2.45, 2.75) is 24.9 Å². The maximum absolute atomic E-state index is 11.9. The van der Waals surface area contributed by atoms with Crippen LogP contribution in [0.5, 0.6) is 0 Å². The summed E-state index contributed by atoms with van der Waals surface area (Å²) in [6.07, 6.45) is 4.94. The molecule has 1 amide bonds. The van der Waals surface area contributed by atoms with Crippen molar-refractivity contribution < 1.29 is 14.3 Å². The molecule has 1 aliphatic carbocycles. The fraction of sp³-hybridized carbons (Fsp3) is 0.312. The summed E-state index contributed by atoms with van der Waals surface area (Å²) in [6, 6.07) is 9.74. The summed E-state index contributed by atoms with van der Waals surface area (Å²) in [5.41, 5.74) is 2.07. The first-order chi connectivity index (χ1) is 9.66. The number of aliphatic hydroxyl groups is 1. The normalized spacial score (nSPS) is 21.2. The quantitative estimate of drug-likeness (QED) is 0.896. The number of hydrogen-bond acceptors (Lipinski definition) is 3. The molecule has 1 unspecified atom stereocenters. The van der Waals surface area contributed by atoms with Gasteiger partial charge in [-0.1, -0.05) is 24.3 Å². The Morgan fingerprint density at radius 3 is 2.85 bits per heavy atom. The zero-order chi connectivity index (χ0) is 14.0. The highest BCUT2D eigenvalue weighted by atomic mass is 16.3. The van der Waals surface area contributed by atoms with Crippen LogP contribution in [0.25, 0.3) is 0 Å². The van der Waals surface area contributed by atoms with Gasteiger partial charge in [0.15, 0.2) is 0 Å². The van der Waals surface area contributed by atoms with Crippen molar-refractivity contribution in [3.63, 3.8) is 0 Å². The molecule has 4 heteroatoms. The Kier molecular flexibility index (Phi) is 3.32. The minimum atomic E-state index is -0.867. The van der Waals surface area contributed by atoms with Gasteiger partial charge < -0.3 is 14.8 Å². The smallest absolute Gasteiger partial charge is 0.254 e. The van der Waals surface area contributed by atoms with Crippen molar-refractivity contribution in [3.8, 4) is 0 Å². The van der Waals surface area contributed by atoms with E-state index in [0.29, 0.717) is 18.4 Å². The van der Waals surface area contributed by atoms with E-state index in [1.165, 1.54) is 23.7 Å². The average molecular weight is 271 g/mol. The molecule has 104 valence electrons. The first kappa shape index (κ1) is 12.9. The van der Waals surface area contributed by atoms with E-state index in [0.717, 1.165) is 6.42 Å². The molecule has 0 bridgehead atoms. The summed E-state index contributed by atoms with van der Waals surface area (Å²) in [7, 11) is 0. The van der Waals surface area contributed by atoms with Gasteiger partial charge in [-0.15, -0.1) is 0 Å². The van der Waals surface area contributed by atoms with Gasteiger partial charge in [0.2, 0.25) is 0 Å². The fourth-order valence-corrected chi connectivity index (χ4v) is 2.68. The fourth-order valence-electron chi connectivity index (χ4n) is 2.68. The maximum atomic E-state index is 11.9. The molecule has 0 spiro atoms. The number of furan rings is 1. The number of nitrogens with one attached hydrogen (secondary N) is 1. The largest absolute Gasteiger partial charge is 0.472 e. The molecule has 0 saturated heterocycles. The Hall–Kier alpha value is -2.07. The molecule has 3 rings (SSSR count). The molecule has 1 aromatic carbocycles. The van der Waals surface area contributed by atoms with E-state index in [9.17, 15) is 9.90 Å². The minimum absolute atomic E-state index is 0.217. The maximum Gasteiger partial charge on any atom is 0.254 e. The molecular weight excluding hydrogens is 254 g/mol. The van der Waals surface area contributed by atoms with E-state index < -0.39 is 5.60 Å². The number of benzene rings is 1. The second-order valence-electron chi connectivity index (χ2n) is 5.36. The van der Waals surface area contributed by atoms with Gasteiger partial charge in [0, 0.05) is 13.0 Å². The molecule has 1 aliphatic rings. The number of carbonyl (C=O) groups is 1. The van der Waals surface area contributed by atoms with Crippen molar-refractivity contribution in [1.29, 1.82) is 0 Å². The van der Waals surface area contributed by atoms with E-state index in [1.807, 2.05) is 18.2 Å². The Labute approximate surface area is 117 Å². The lowest BCUT2D eigenvalue weighted by Gasteiger charge is -2.33. The van der Waals surface area contributed by atoms with Gasteiger partial charge in [-0.2, -0.15) is 0 Å². The van der Waals surface area contributed by atoms with Gasteiger partial charge in [0.25, 0.3) is 5.91 Å². The number of carbonyl (C=O) groups excluding carboxylic acids is 1. The topological polar surface area (TPSA) is 62.5 Å². The van der Waals surface area contributed by atoms with Gasteiger partial charge in [-0.25, -0.2) is 0 Å². The van der Waals surface area contributed by atoms with Crippen LogP contribution in [0, 0.1) is 0 Å². The predicted molar refractivity (Wildman–Crippen MR) is 74.5 cm³/mol. The second-order valence-corrected chi connectivity index (χ2v) is 5.36. The van der Waals surface area contributed by atoms with E-state index in [-0.39, 0.29) is 12.5 Å². The summed E-state index contributed by atoms with van der Waals surface area (Å²) in [5.74, 6) is -0.217. The molecule has 1 aromatic heterocycles. The van der Waals surface area contributed by atoms with E-state index in [4.69, 9.17) is 4.42 Å². The van der Waals surface area contributed by atoms with E-state index >= 15 is 0 Å². The molecule has 4 nitrogen and oxygen atoms in total. The van der Waals surface area contributed by atoms with Gasteiger partial charge in [-0.05, 0) is 30.0 Å². The Balaban J connectivity index is 1.65. The molecule has 0 saturated carbocycles. The Bertz CT molecular complexity index is 606. The van der Waals surface area contributed by atoms with Crippen LogP contribution in [0.4, 0.5) is 0 Å². The van der Waals surface area contributed by atoms with Gasteiger partial charge in [0.1, 0.15) is 6.26 Å². The predicted octanol–water partition coefficient (Wildman–Crippen LogP) is 1.93. The molecule has 2 aromatic rings. The average Bonchev–Trinajstić information content (AvgIpc) is 2.99. The van der Waals surface area contributed by atoms with Crippen molar-refractivity contribution in [2.24, 2.45) is 0 Å². The molecule has 1 heterocycles. The van der Waals surface area contributed by atoms with Crippen LogP contribution in [-0.4, -0.2) is 23.2 Å². The third-order valence-corrected chi connectivity index (χ3v) is 3.86. The van der Waals surface area contributed by atoms with Crippen LogP contribution in [0.2, 0.25) is 0 Å². The van der Waals surface area contributed by atoms with Crippen molar-refractivity contribution in [1.82, 2.24) is 5.32 Å². The molecular formula is C16H17NO3. The SMILES string of the molecule is O=C(NCC1(O)CCc2ccccc2C1)c1ccoc1. The zero-order valence-electron chi connectivity index (χ0n) is 11.1. The second kappa shape index (κ2) is 5.13. The molecule has 0 fully saturated rings. The number of hydrogen-bond donors (Lipinski definition) is 2. The van der Waals surface area contributed by atoms with Crippen LogP contribution < -0.4 is 5.32 Å². The lowest BCUT2D eigenvalue weighted by molar-refractivity contribution is 0.0260. The summed E-state index contributed by atoms with van der Waals surface area (Å²) < 4.78 is 4.88. The van der Waals surface area contributed by atoms with Crippen molar-refractivity contribution in [3.05, 3.63) is 59.5 Å². The molecule has 1 atom stereocenters. The third kappa shape index (κ3) is 2.60. The summed E-state index contributed by atoms with van der Waals surface area (Å²) in [6.45, 7) is 0.255. The lowest BCUT2D eigenvalue weighted by atomic mass is 9.80. The molecule has 0 aliphatic heterocycles. The third-order valence-electron chi connectivity index (χ3n) is 3.86. The van der Waals surface area contributed by atoms with E-state index in [2.05, 4.69) is 11.4 Å². The first-order valence-electron chi connectivity index (χ1n) is 6.76. The molecule has 0 radical (unpaired) electrons. The monoisotopic (exact) mass is 271 g/mol. The van der Waals surface area contributed by atoms with Crippen LogP contribution in [0.1, 0.15) is 27.9 Å². The van der Waals surface area contributed by atoms with E-state index in [1.54, 1.807) is 6.07 Å².